The lowest BCUT2D eigenvalue weighted by Gasteiger charge is -2.10. The van der Waals surface area contributed by atoms with E-state index in [1.54, 1.807) is 0 Å². The Labute approximate surface area is 149 Å². The molecule has 0 saturated carbocycles. The zero-order chi connectivity index (χ0) is 18.9. The minimum atomic E-state index is -4.49. The fourth-order valence-electron chi connectivity index (χ4n) is 2.23. The Morgan fingerprint density at radius 2 is 1.58 bits per heavy atom. The number of halogens is 6. The molecule has 0 atom stereocenters. The second-order valence-electron chi connectivity index (χ2n) is 5.24. The van der Waals surface area contributed by atoms with Crippen LogP contribution < -0.4 is 0 Å². The highest BCUT2D eigenvalue weighted by Gasteiger charge is 2.30. The molecule has 3 rings (SSSR count). The van der Waals surface area contributed by atoms with E-state index >= 15 is 0 Å². The maximum atomic E-state index is 13.2. The number of benzene rings is 1. The van der Waals surface area contributed by atoms with Crippen molar-refractivity contribution in [3.05, 3.63) is 65.1 Å². The lowest BCUT2D eigenvalue weighted by Crippen LogP contribution is -2.04. The van der Waals surface area contributed by atoms with Gasteiger partial charge in [-0.3, -0.25) is 0 Å². The first-order valence-corrected chi connectivity index (χ1v) is 7.58. The maximum Gasteiger partial charge on any atom is 0.416 e. The molecular formula is C17H9ClF5N3. The van der Waals surface area contributed by atoms with Crippen LogP contribution in [0.15, 0.2) is 48.7 Å². The zero-order valence-corrected chi connectivity index (χ0v) is 13.6. The predicted octanol–water partition coefficient (Wildman–Crippen LogP) is 5.82. The molecule has 2 aromatic heterocycles. The van der Waals surface area contributed by atoms with Crippen LogP contribution in [0.25, 0.3) is 22.6 Å². The van der Waals surface area contributed by atoms with Crippen LogP contribution in [0.3, 0.4) is 0 Å². The molecule has 0 bridgehead atoms. The van der Waals surface area contributed by atoms with Gasteiger partial charge in [0.25, 0.3) is 6.43 Å². The standard InChI is InChI=1S/C17H9ClF5N3/c18-14-7-10(5-6-24-14)16-25-12(8-13(26-16)15(19)20)9-1-3-11(4-2-9)17(21,22)23/h1-8,15H. The molecule has 0 saturated heterocycles. The summed E-state index contributed by atoms with van der Waals surface area (Å²) in [5.74, 6) is -0.0259. The monoisotopic (exact) mass is 385 g/mol. The van der Waals surface area contributed by atoms with Crippen molar-refractivity contribution in [3.8, 4) is 22.6 Å². The lowest BCUT2D eigenvalue weighted by atomic mass is 10.1. The molecular weight excluding hydrogens is 377 g/mol. The summed E-state index contributed by atoms with van der Waals surface area (Å²) in [5.41, 5.74) is -0.695. The Bertz CT molecular complexity index is 926. The molecule has 0 aliphatic heterocycles. The molecule has 9 heteroatoms. The average Bonchev–Trinajstić information content (AvgIpc) is 2.60. The second-order valence-corrected chi connectivity index (χ2v) is 5.63. The van der Waals surface area contributed by atoms with Crippen LogP contribution in [0.5, 0.6) is 0 Å². The topological polar surface area (TPSA) is 38.7 Å². The van der Waals surface area contributed by atoms with Crippen molar-refractivity contribution >= 4 is 11.6 Å². The Morgan fingerprint density at radius 3 is 2.15 bits per heavy atom. The summed E-state index contributed by atoms with van der Waals surface area (Å²) in [6.45, 7) is 0. The molecule has 0 aliphatic rings. The van der Waals surface area contributed by atoms with E-state index in [0.717, 1.165) is 18.2 Å². The first kappa shape index (κ1) is 18.2. The van der Waals surface area contributed by atoms with Crippen molar-refractivity contribution < 1.29 is 22.0 Å². The molecule has 3 aromatic rings. The number of rotatable bonds is 3. The molecule has 26 heavy (non-hydrogen) atoms. The third kappa shape index (κ3) is 3.96. The lowest BCUT2D eigenvalue weighted by molar-refractivity contribution is -0.137. The second kappa shape index (κ2) is 6.95. The van der Waals surface area contributed by atoms with Gasteiger partial charge < -0.3 is 0 Å². The van der Waals surface area contributed by atoms with Gasteiger partial charge in [-0.15, -0.1) is 0 Å². The highest BCUT2D eigenvalue weighted by molar-refractivity contribution is 6.29. The zero-order valence-electron chi connectivity index (χ0n) is 12.8. The van der Waals surface area contributed by atoms with Crippen molar-refractivity contribution in [1.29, 1.82) is 0 Å². The van der Waals surface area contributed by atoms with Crippen LogP contribution in [0.4, 0.5) is 22.0 Å². The van der Waals surface area contributed by atoms with Crippen LogP contribution in [0.1, 0.15) is 17.7 Å². The average molecular weight is 386 g/mol. The molecule has 0 spiro atoms. The molecule has 1 aromatic carbocycles. The highest BCUT2D eigenvalue weighted by atomic mass is 35.5. The summed E-state index contributed by atoms with van der Waals surface area (Å²) in [4.78, 5) is 11.8. The Morgan fingerprint density at radius 1 is 0.885 bits per heavy atom. The molecule has 3 nitrogen and oxygen atoms in total. The summed E-state index contributed by atoms with van der Waals surface area (Å²) in [5, 5.41) is 0.129. The number of hydrogen-bond donors (Lipinski definition) is 0. The van der Waals surface area contributed by atoms with Crippen LogP contribution in [0, 0.1) is 0 Å². The smallest absolute Gasteiger partial charge is 0.245 e. The molecule has 0 amide bonds. The van der Waals surface area contributed by atoms with Gasteiger partial charge in [-0.25, -0.2) is 23.7 Å². The molecule has 2 heterocycles. The Kier molecular flexibility index (Phi) is 4.86. The molecule has 0 aliphatic carbocycles. The van der Waals surface area contributed by atoms with E-state index in [1.807, 2.05) is 0 Å². The van der Waals surface area contributed by atoms with Gasteiger partial charge in [0.1, 0.15) is 10.8 Å². The van der Waals surface area contributed by atoms with Gasteiger partial charge in [-0.1, -0.05) is 23.7 Å². The fraction of sp³-hybridized carbons (Fsp3) is 0.118. The largest absolute Gasteiger partial charge is 0.416 e. The van der Waals surface area contributed by atoms with Gasteiger partial charge in [0.15, 0.2) is 5.82 Å². The minimum absolute atomic E-state index is 0.0259. The van der Waals surface area contributed by atoms with E-state index in [9.17, 15) is 22.0 Å². The van der Waals surface area contributed by atoms with E-state index in [-0.39, 0.29) is 22.2 Å². The number of nitrogens with zero attached hydrogens (tertiary/aromatic N) is 3. The molecule has 0 radical (unpaired) electrons. The van der Waals surface area contributed by atoms with Gasteiger partial charge >= 0.3 is 6.18 Å². The van der Waals surface area contributed by atoms with E-state index in [1.165, 1.54) is 30.5 Å². The molecule has 0 N–H and O–H groups in total. The maximum absolute atomic E-state index is 13.2. The van der Waals surface area contributed by atoms with Gasteiger partial charge in [-0.05, 0) is 30.3 Å². The summed E-state index contributed by atoms with van der Waals surface area (Å²) in [6, 6.07) is 8.01. The Hall–Kier alpha value is -2.61. The summed E-state index contributed by atoms with van der Waals surface area (Å²) < 4.78 is 64.4. The summed E-state index contributed by atoms with van der Waals surface area (Å²) in [6.07, 6.45) is -5.99. The van der Waals surface area contributed by atoms with Gasteiger partial charge in [0.2, 0.25) is 0 Å². The first-order chi connectivity index (χ1) is 12.2. The molecule has 134 valence electrons. The number of pyridine rings is 1. The number of aromatic nitrogens is 3. The summed E-state index contributed by atoms with van der Waals surface area (Å²) >= 11 is 5.79. The summed E-state index contributed by atoms with van der Waals surface area (Å²) in [7, 11) is 0. The van der Waals surface area contributed by atoms with Crippen LogP contribution in [-0.2, 0) is 6.18 Å². The van der Waals surface area contributed by atoms with Gasteiger partial charge in [0, 0.05) is 17.3 Å². The van der Waals surface area contributed by atoms with E-state index in [2.05, 4.69) is 15.0 Å². The van der Waals surface area contributed by atoms with Crippen molar-refractivity contribution in [1.82, 2.24) is 15.0 Å². The number of hydrogen-bond acceptors (Lipinski definition) is 3. The van der Waals surface area contributed by atoms with Gasteiger partial charge in [0.05, 0.1) is 11.3 Å². The molecule has 0 fully saturated rings. The third-order valence-corrected chi connectivity index (χ3v) is 3.67. The van der Waals surface area contributed by atoms with Gasteiger partial charge in [-0.2, -0.15) is 13.2 Å². The van der Waals surface area contributed by atoms with Crippen molar-refractivity contribution in [2.45, 2.75) is 12.6 Å². The predicted molar refractivity (Wildman–Crippen MR) is 85.7 cm³/mol. The van der Waals surface area contributed by atoms with Crippen molar-refractivity contribution in [2.75, 3.05) is 0 Å². The van der Waals surface area contributed by atoms with Crippen molar-refractivity contribution in [3.63, 3.8) is 0 Å². The first-order valence-electron chi connectivity index (χ1n) is 7.21. The van der Waals surface area contributed by atoms with Crippen LogP contribution >= 0.6 is 11.6 Å². The number of alkyl halides is 5. The quantitative estimate of drug-likeness (QED) is 0.421. The van der Waals surface area contributed by atoms with Crippen molar-refractivity contribution in [2.24, 2.45) is 0 Å². The highest BCUT2D eigenvalue weighted by Crippen LogP contribution is 2.32. The fourth-order valence-corrected chi connectivity index (χ4v) is 2.40. The minimum Gasteiger partial charge on any atom is -0.245 e. The molecule has 0 unspecified atom stereocenters. The van der Waals surface area contributed by atoms with Crippen LogP contribution in [-0.4, -0.2) is 15.0 Å². The Balaban J connectivity index is 2.09. The van der Waals surface area contributed by atoms with E-state index < -0.39 is 23.9 Å². The van der Waals surface area contributed by atoms with E-state index in [0.29, 0.717) is 5.56 Å². The normalized spacial score (nSPS) is 11.8. The SMILES string of the molecule is FC(F)c1cc(-c2ccc(C(F)(F)F)cc2)nc(-c2ccnc(Cl)c2)n1. The third-order valence-electron chi connectivity index (χ3n) is 3.46. The van der Waals surface area contributed by atoms with Crippen LogP contribution in [0.2, 0.25) is 5.15 Å². The van der Waals surface area contributed by atoms with E-state index in [4.69, 9.17) is 11.6 Å².